The summed E-state index contributed by atoms with van der Waals surface area (Å²) in [5, 5.41) is 13.9. The number of nitrogens with one attached hydrogen (secondary N) is 1. The van der Waals surface area contributed by atoms with Gasteiger partial charge in [0.15, 0.2) is 0 Å². The number of quaternary nitrogens is 1. The third-order valence-electron chi connectivity index (χ3n) is 14.0. The molecule has 1 amide bonds. The number of aliphatic hydroxyl groups excluding tert-OH is 1. The average Bonchev–Trinajstić information content (AvgIpc) is 3.35. The van der Waals surface area contributed by atoms with Crippen molar-refractivity contribution in [2.75, 3.05) is 40.9 Å². The summed E-state index contributed by atoms with van der Waals surface area (Å²) in [6.45, 7) is 4.57. The van der Waals surface area contributed by atoms with Gasteiger partial charge in [0, 0.05) is 6.42 Å². The van der Waals surface area contributed by atoms with Crippen molar-refractivity contribution in [2.45, 2.75) is 302 Å². The minimum atomic E-state index is -4.60. The van der Waals surface area contributed by atoms with E-state index in [4.69, 9.17) is 9.05 Å². The third-order valence-corrected chi connectivity index (χ3v) is 14.9. The predicted molar refractivity (Wildman–Crippen MR) is 316 cm³/mol. The molecular formula is C64H121N2O6P. The number of likely N-dealkylation sites (N-methyl/N-ethyl adjacent to an activating group) is 1. The van der Waals surface area contributed by atoms with E-state index in [1.165, 1.54) is 205 Å². The number of phosphoric ester groups is 1. The monoisotopic (exact) mass is 1040 g/mol. The van der Waals surface area contributed by atoms with Gasteiger partial charge >= 0.3 is 0 Å². The Morgan fingerprint density at radius 2 is 0.836 bits per heavy atom. The van der Waals surface area contributed by atoms with Gasteiger partial charge in [0.2, 0.25) is 5.91 Å². The van der Waals surface area contributed by atoms with Crippen LogP contribution in [-0.4, -0.2) is 68.5 Å². The Balaban J connectivity index is 4.13. The van der Waals surface area contributed by atoms with Crippen molar-refractivity contribution >= 4 is 13.7 Å². The van der Waals surface area contributed by atoms with Gasteiger partial charge in [-0.25, -0.2) is 0 Å². The quantitative estimate of drug-likeness (QED) is 0.0272. The second kappa shape index (κ2) is 55.0. The molecule has 2 N–H and O–H groups in total. The molecule has 0 aromatic heterocycles. The summed E-state index contributed by atoms with van der Waals surface area (Å²) in [4.78, 5) is 25.6. The lowest BCUT2D eigenvalue weighted by atomic mass is 10.0. The van der Waals surface area contributed by atoms with Crippen LogP contribution in [0, 0.1) is 0 Å². The van der Waals surface area contributed by atoms with Crippen molar-refractivity contribution in [1.29, 1.82) is 0 Å². The van der Waals surface area contributed by atoms with E-state index in [1.54, 1.807) is 6.08 Å². The SMILES string of the molecule is CC/C=C\C/C=C\C/C=C\C/C=C\CCCCCCCCCCCCCCCCCCC(=O)NC(COP(=O)([O-])OCC[N+](C)(C)C)C(O)/C=C/CCCCCCCCCCCCCCCCCCCCCC. The summed E-state index contributed by atoms with van der Waals surface area (Å²) in [7, 11) is 1.27. The number of phosphoric acid groups is 1. The van der Waals surface area contributed by atoms with Crippen molar-refractivity contribution < 1.29 is 32.9 Å². The van der Waals surface area contributed by atoms with Gasteiger partial charge in [-0.3, -0.25) is 9.36 Å². The zero-order chi connectivity index (χ0) is 53.5. The van der Waals surface area contributed by atoms with Crippen molar-refractivity contribution in [3.8, 4) is 0 Å². The summed E-state index contributed by atoms with van der Waals surface area (Å²) >= 11 is 0. The Labute approximate surface area is 453 Å². The standard InChI is InChI=1S/C64H121N2O6P/c1-6-8-10-12-14-16-18-20-22-24-26-28-30-31-32-33-34-35-36-38-40-42-44-46-48-50-52-54-56-58-64(68)65-62(61-72-73(69,70)71-60-59-66(3,4)5)63(67)57-55-53-51-49-47-45-43-41-39-37-29-27-25-23-21-19-17-15-13-11-9-7-2/h8,10,14,16,20,22,26,28,55,57,62-63,67H,6-7,9,11-13,15,17-19,21,23-25,27,29-54,56,58-61H2,1-5H3,(H-,65,68,69,70)/b10-8-,16-14-,22-20-,28-26-,57-55+. The van der Waals surface area contributed by atoms with Crippen LogP contribution in [0.4, 0.5) is 0 Å². The highest BCUT2D eigenvalue weighted by Crippen LogP contribution is 2.38. The molecule has 0 heterocycles. The molecule has 428 valence electrons. The zero-order valence-corrected chi connectivity index (χ0v) is 49.7. The van der Waals surface area contributed by atoms with Crippen LogP contribution in [0.15, 0.2) is 60.8 Å². The first-order chi connectivity index (χ1) is 35.5. The number of aliphatic hydroxyl groups is 1. The van der Waals surface area contributed by atoms with Gasteiger partial charge < -0.3 is 28.8 Å². The molecule has 9 heteroatoms. The van der Waals surface area contributed by atoms with E-state index < -0.39 is 20.0 Å². The van der Waals surface area contributed by atoms with Crippen LogP contribution in [0.5, 0.6) is 0 Å². The van der Waals surface area contributed by atoms with Crippen LogP contribution in [-0.2, 0) is 18.4 Å². The number of nitrogens with zero attached hydrogens (tertiary/aromatic N) is 1. The largest absolute Gasteiger partial charge is 0.756 e. The van der Waals surface area contributed by atoms with Gasteiger partial charge in [0.05, 0.1) is 39.9 Å². The van der Waals surface area contributed by atoms with Gasteiger partial charge in [-0.2, -0.15) is 0 Å². The van der Waals surface area contributed by atoms with Gasteiger partial charge in [0.1, 0.15) is 13.2 Å². The van der Waals surface area contributed by atoms with Crippen molar-refractivity contribution in [2.24, 2.45) is 0 Å². The normalized spacial score (nSPS) is 14.2. The molecule has 0 saturated heterocycles. The highest BCUT2D eigenvalue weighted by Gasteiger charge is 2.23. The van der Waals surface area contributed by atoms with Gasteiger partial charge in [0.25, 0.3) is 7.82 Å². The zero-order valence-electron chi connectivity index (χ0n) is 48.8. The molecular weight excluding hydrogens is 924 g/mol. The van der Waals surface area contributed by atoms with Crippen molar-refractivity contribution in [3.63, 3.8) is 0 Å². The van der Waals surface area contributed by atoms with Gasteiger partial charge in [-0.1, -0.05) is 286 Å². The number of hydrogen-bond acceptors (Lipinski definition) is 6. The van der Waals surface area contributed by atoms with E-state index in [1.807, 2.05) is 27.2 Å². The lowest BCUT2D eigenvalue weighted by Gasteiger charge is -2.29. The Bertz CT molecular complexity index is 1370. The smallest absolute Gasteiger partial charge is 0.268 e. The third kappa shape index (κ3) is 57.7. The minimum Gasteiger partial charge on any atom is -0.756 e. The number of amides is 1. The minimum absolute atomic E-state index is 0.00116. The maximum Gasteiger partial charge on any atom is 0.268 e. The fraction of sp³-hybridized carbons (Fsp3) is 0.828. The Kier molecular flexibility index (Phi) is 53.6. The molecule has 3 atom stereocenters. The average molecular weight is 1050 g/mol. The Morgan fingerprint density at radius 1 is 0.493 bits per heavy atom. The molecule has 0 spiro atoms. The number of allylic oxidation sites excluding steroid dienone is 9. The molecule has 0 aliphatic heterocycles. The molecule has 0 rings (SSSR count). The van der Waals surface area contributed by atoms with E-state index in [0.29, 0.717) is 17.4 Å². The summed E-state index contributed by atoms with van der Waals surface area (Å²) < 4.78 is 23.4. The predicted octanol–water partition coefficient (Wildman–Crippen LogP) is 18.6. The lowest BCUT2D eigenvalue weighted by molar-refractivity contribution is -0.870. The second-order valence-electron chi connectivity index (χ2n) is 22.4. The maximum atomic E-state index is 13.0. The molecule has 0 aliphatic carbocycles. The van der Waals surface area contributed by atoms with Crippen molar-refractivity contribution in [3.05, 3.63) is 60.8 Å². The van der Waals surface area contributed by atoms with Crippen molar-refractivity contribution in [1.82, 2.24) is 5.32 Å². The molecule has 0 radical (unpaired) electrons. The fourth-order valence-corrected chi connectivity index (χ4v) is 9.87. The summed E-state index contributed by atoms with van der Waals surface area (Å²) in [5.74, 6) is -0.195. The summed E-state index contributed by atoms with van der Waals surface area (Å²) in [5.41, 5.74) is 0. The molecule has 0 aliphatic rings. The number of carbonyl (C=O) groups excluding carboxylic acids is 1. The molecule has 8 nitrogen and oxygen atoms in total. The van der Waals surface area contributed by atoms with Crippen LogP contribution in [0.1, 0.15) is 290 Å². The molecule has 0 bridgehead atoms. The second-order valence-corrected chi connectivity index (χ2v) is 23.8. The van der Waals surface area contributed by atoms with Gasteiger partial charge in [-0.05, 0) is 57.8 Å². The first-order valence-electron chi connectivity index (χ1n) is 31.2. The number of carbonyl (C=O) groups is 1. The molecule has 0 saturated carbocycles. The number of unbranched alkanes of at least 4 members (excludes halogenated alkanes) is 36. The topological polar surface area (TPSA) is 108 Å². The number of rotatable bonds is 57. The molecule has 73 heavy (non-hydrogen) atoms. The van der Waals surface area contributed by atoms with E-state index >= 15 is 0 Å². The van der Waals surface area contributed by atoms with Crippen LogP contribution in [0.25, 0.3) is 0 Å². The Hall–Kier alpha value is -1.80. The van der Waals surface area contributed by atoms with Crippen LogP contribution >= 0.6 is 7.82 Å². The molecule has 3 unspecified atom stereocenters. The Morgan fingerprint density at radius 3 is 1.22 bits per heavy atom. The van der Waals surface area contributed by atoms with E-state index in [9.17, 15) is 19.4 Å². The summed E-state index contributed by atoms with van der Waals surface area (Å²) in [6, 6.07) is -0.889. The molecule has 0 aromatic carbocycles. The van der Waals surface area contributed by atoms with Crippen LogP contribution in [0.3, 0.4) is 0 Å². The highest BCUT2D eigenvalue weighted by molar-refractivity contribution is 7.45. The first kappa shape index (κ1) is 71.2. The van der Waals surface area contributed by atoms with Gasteiger partial charge in [-0.15, -0.1) is 0 Å². The molecule has 0 aromatic rings. The lowest BCUT2D eigenvalue weighted by Crippen LogP contribution is -2.45. The highest BCUT2D eigenvalue weighted by atomic mass is 31.2. The maximum absolute atomic E-state index is 13.0. The van der Waals surface area contributed by atoms with E-state index in [-0.39, 0.29) is 19.1 Å². The van der Waals surface area contributed by atoms with E-state index in [2.05, 4.69) is 67.8 Å². The number of hydrogen-bond donors (Lipinski definition) is 2. The van der Waals surface area contributed by atoms with E-state index in [0.717, 1.165) is 64.2 Å². The molecule has 0 fully saturated rings. The first-order valence-corrected chi connectivity index (χ1v) is 32.6. The van der Waals surface area contributed by atoms with Crippen LogP contribution < -0.4 is 10.2 Å². The fourth-order valence-electron chi connectivity index (χ4n) is 9.15. The van der Waals surface area contributed by atoms with Crippen LogP contribution in [0.2, 0.25) is 0 Å². The summed E-state index contributed by atoms with van der Waals surface area (Å²) in [6.07, 6.45) is 74.5.